The van der Waals surface area contributed by atoms with Crippen molar-refractivity contribution in [2.75, 3.05) is 0 Å². The van der Waals surface area contributed by atoms with Crippen molar-refractivity contribution in [3.05, 3.63) is 84.5 Å². The highest BCUT2D eigenvalue weighted by molar-refractivity contribution is 7.07. The van der Waals surface area contributed by atoms with Gasteiger partial charge in [-0.2, -0.15) is 0 Å². The van der Waals surface area contributed by atoms with Gasteiger partial charge in [-0.15, -0.1) is 11.3 Å². The Labute approximate surface area is 168 Å². The summed E-state index contributed by atoms with van der Waals surface area (Å²) in [4.78, 5) is 15.4. The second kappa shape index (κ2) is 23.3. The summed E-state index contributed by atoms with van der Waals surface area (Å²) in [5, 5.41) is 3.13. The molecule has 0 unspecified atom stereocenters. The van der Waals surface area contributed by atoms with Gasteiger partial charge >= 0.3 is 0 Å². The van der Waals surface area contributed by atoms with Crippen LogP contribution in [0.5, 0.6) is 0 Å². The van der Waals surface area contributed by atoms with Crippen molar-refractivity contribution in [3.63, 3.8) is 0 Å². The first-order chi connectivity index (χ1) is 13.5. The predicted molar refractivity (Wildman–Crippen MR) is 120 cm³/mol. The van der Waals surface area contributed by atoms with E-state index in [0.29, 0.717) is 0 Å². The second-order valence-electron chi connectivity index (χ2n) is 3.77. The molecule has 0 bridgehead atoms. The Hall–Kier alpha value is -2.66. The van der Waals surface area contributed by atoms with Crippen LogP contribution in [0.3, 0.4) is 0 Å². The molecule has 1 aromatic carbocycles. The van der Waals surface area contributed by atoms with Crippen LogP contribution in [-0.2, 0) is 0 Å². The number of hydrogen-bond donors (Lipinski definition) is 0. The fraction of sp³-hybridized carbons (Fsp3) is 0.273. The molecule has 27 heavy (non-hydrogen) atoms. The summed E-state index contributed by atoms with van der Waals surface area (Å²) in [5.74, 6) is 0. The van der Waals surface area contributed by atoms with E-state index in [1.165, 1.54) is 5.39 Å². The minimum absolute atomic E-state index is 1.06. The molecule has 0 aliphatic heterocycles. The average molecular weight is 385 g/mol. The predicted octanol–water partition coefficient (Wildman–Crippen LogP) is 6.93. The molecule has 0 fully saturated rings. The van der Waals surface area contributed by atoms with Crippen LogP contribution in [0, 0.1) is 0 Å². The topological polar surface area (TPSA) is 51.6 Å². The second-order valence-corrected chi connectivity index (χ2v) is 4.52. The van der Waals surface area contributed by atoms with Crippen LogP contribution in [0.15, 0.2) is 84.5 Å². The van der Waals surface area contributed by atoms with Crippen molar-refractivity contribution in [2.45, 2.75) is 41.5 Å². The normalized spacial score (nSPS) is 7.63. The van der Waals surface area contributed by atoms with Crippen LogP contribution in [0.2, 0.25) is 0 Å². The maximum atomic E-state index is 4.18. The van der Waals surface area contributed by atoms with Crippen molar-refractivity contribution in [1.82, 2.24) is 19.9 Å². The SMILES string of the molecule is CC.CC.CC.c1ccc2ncccc2c1.c1cnccn1.c1cscn1. The van der Waals surface area contributed by atoms with Crippen LogP contribution < -0.4 is 0 Å². The van der Waals surface area contributed by atoms with Crippen molar-refractivity contribution in [2.24, 2.45) is 0 Å². The molecular formula is C22H32N4S. The summed E-state index contributed by atoms with van der Waals surface area (Å²) >= 11 is 1.60. The third-order valence-corrected chi connectivity index (χ3v) is 2.86. The van der Waals surface area contributed by atoms with E-state index in [0.717, 1.165) is 5.52 Å². The van der Waals surface area contributed by atoms with E-state index in [1.807, 2.05) is 77.4 Å². The number of aromatic nitrogens is 4. The lowest BCUT2D eigenvalue weighted by Crippen LogP contribution is -1.73. The third-order valence-electron chi connectivity index (χ3n) is 2.34. The van der Waals surface area contributed by atoms with Gasteiger partial charge in [0.2, 0.25) is 0 Å². The van der Waals surface area contributed by atoms with E-state index >= 15 is 0 Å². The minimum Gasteiger partial charge on any atom is -0.262 e. The number of rotatable bonds is 0. The zero-order valence-electron chi connectivity index (χ0n) is 17.3. The van der Waals surface area contributed by atoms with E-state index in [1.54, 1.807) is 47.8 Å². The van der Waals surface area contributed by atoms with Gasteiger partial charge in [0.25, 0.3) is 0 Å². The van der Waals surface area contributed by atoms with Gasteiger partial charge in [-0.3, -0.25) is 19.9 Å². The molecule has 0 saturated heterocycles. The number of pyridine rings is 1. The standard InChI is InChI=1S/C9H7N.C4H4N2.C3H3NS.3C2H6/c1-2-6-9-8(4-1)5-3-7-10-9;1-2-6-4-3-5-1;1-2-5-3-4-1;3*1-2/h1-7H;1-4H;1-3H;3*1-2H3. The smallest absolute Gasteiger partial charge is 0.0791 e. The number of thiazole rings is 1. The maximum absolute atomic E-state index is 4.18. The molecule has 4 nitrogen and oxygen atoms in total. The zero-order chi connectivity index (χ0) is 20.6. The van der Waals surface area contributed by atoms with E-state index in [4.69, 9.17) is 0 Å². The fourth-order valence-electron chi connectivity index (χ4n) is 1.45. The summed E-state index contributed by atoms with van der Waals surface area (Å²) in [5.41, 5.74) is 2.85. The van der Waals surface area contributed by atoms with Gasteiger partial charge < -0.3 is 0 Å². The van der Waals surface area contributed by atoms with Crippen molar-refractivity contribution >= 4 is 22.2 Å². The lowest BCUT2D eigenvalue weighted by Gasteiger charge is -1.91. The summed E-state index contributed by atoms with van der Waals surface area (Å²) in [7, 11) is 0. The Balaban J connectivity index is 0. The Bertz CT molecular complexity index is 607. The fourth-order valence-corrected chi connectivity index (χ4v) is 1.80. The Morgan fingerprint density at radius 3 is 1.56 bits per heavy atom. The Kier molecular flexibility index (Phi) is 23.0. The molecule has 0 atom stereocenters. The largest absolute Gasteiger partial charge is 0.262 e. The van der Waals surface area contributed by atoms with Gasteiger partial charge in [-0.25, -0.2) is 0 Å². The molecule has 0 N–H and O–H groups in total. The molecule has 4 aromatic rings. The summed E-state index contributed by atoms with van der Waals surface area (Å²) in [6, 6.07) is 12.1. The van der Waals surface area contributed by atoms with Crippen molar-refractivity contribution in [3.8, 4) is 0 Å². The monoisotopic (exact) mass is 384 g/mol. The van der Waals surface area contributed by atoms with Crippen LogP contribution in [0.4, 0.5) is 0 Å². The van der Waals surface area contributed by atoms with E-state index in [-0.39, 0.29) is 0 Å². The van der Waals surface area contributed by atoms with E-state index in [2.05, 4.69) is 32.1 Å². The lowest BCUT2D eigenvalue weighted by molar-refractivity contribution is 1.20. The number of fused-ring (bicyclic) bond motifs is 1. The van der Waals surface area contributed by atoms with Gasteiger partial charge in [-0.1, -0.05) is 65.8 Å². The first kappa shape index (κ1) is 26.6. The summed E-state index contributed by atoms with van der Waals surface area (Å²) in [6.45, 7) is 12.0. The Morgan fingerprint density at radius 2 is 1.15 bits per heavy atom. The number of para-hydroxylation sites is 1. The third kappa shape index (κ3) is 15.3. The molecule has 3 heterocycles. The number of nitrogens with zero attached hydrogens (tertiary/aromatic N) is 4. The summed E-state index contributed by atoms with van der Waals surface area (Å²) in [6.07, 6.45) is 10.1. The minimum atomic E-state index is 1.06. The average Bonchev–Trinajstić information content (AvgIpc) is 3.40. The molecule has 146 valence electrons. The molecule has 0 radical (unpaired) electrons. The molecular weight excluding hydrogens is 352 g/mol. The molecule has 0 saturated carbocycles. The van der Waals surface area contributed by atoms with Gasteiger partial charge in [0, 0.05) is 47.9 Å². The van der Waals surface area contributed by atoms with Gasteiger partial charge in [-0.05, 0) is 12.1 Å². The molecule has 0 spiro atoms. The molecule has 5 heteroatoms. The molecule has 3 aromatic heterocycles. The van der Waals surface area contributed by atoms with Gasteiger partial charge in [0.05, 0.1) is 11.0 Å². The van der Waals surface area contributed by atoms with Gasteiger partial charge in [0.1, 0.15) is 0 Å². The maximum Gasteiger partial charge on any atom is 0.0791 e. The molecule has 4 rings (SSSR count). The van der Waals surface area contributed by atoms with Crippen LogP contribution in [-0.4, -0.2) is 19.9 Å². The Morgan fingerprint density at radius 1 is 0.593 bits per heavy atom. The highest BCUT2D eigenvalue weighted by atomic mass is 32.1. The van der Waals surface area contributed by atoms with Crippen molar-refractivity contribution in [1.29, 1.82) is 0 Å². The van der Waals surface area contributed by atoms with Crippen molar-refractivity contribution < 1.29 is 0 Å². The lowest BCUT2D eigenvalue weighted by atomic mass is 10.2. The van der Waals surface area contributed by atoms with Crippen LogP contribution in [0.25, 0.3) is 10.9 Å². The van der Waals surface area contributed by atoms with Crippen LogP contribution in [0.1, 0.15) is 41.5 Å². The highest BCUT2D eigenvalue weighted by Crippen LogP contribution is 2.07. The number of benzene rings is 1. The van der Waals surface area contributed by atoms with E-state index in [9.17, 15) is 0 Å². The molecule has 0 aliphatic rings. The van der Waals surface area contributed by atoms with E-state index < -0.39 is 0 Å². The quantitative estimate of drug-likeness (QED) is 0.330. The number of hydrogen-bond acceptors (Lipinski definition) is 5. The summed E-state index contributed by atoms with van der Waals surface area (Å²) < 4.78 is 0. The first-order valence-corrected chi connectivity index (χ1v) is 10.2. The molecule has 0 aliphatic carbocycles. The highest BCUT2D eigenvalue weighted by Gasteiger charge is 1.86. The zero-order valence-corrected chi connectivity index (χ0v) is 18.1. The molecule has 0 amide bonds. The van der Waals surface area contributed by atoms with Gasteiger partial charge in [0.15, 0.2) is 0 Å². The van der Waals surface area contributed by atoms with Crippen LogP contribution >= 0.6 is 11.3 Å². The first-order valence-electron chi connectivity index (χ1n) is 9.29.